The number of likely N-dealkylation sites (tertiary alicyclic amines) is 1. The van der Waals surface area contributed by atoms with Gasteiger partial charge in [-0.1, -0.05) is 18.5 Å². The van der Waals surface area contributed by atoms with E-state index in [1.807, 2.05) is 0 Å². The van der Waals surface area contributed by atoms with E-state index in [0.29, 0.717) is 34.9 Å². The fraction of sp³-hybridized carbons (Fsp3) is 0.533. The van der Waals surface area contributed by atoms with Crippen LogP contribution >= 0.6 is 11.6 Å². The van der Waals surface area contributed by atoms with Crippen molar-refractivity contribution < 1.29 is 4.79 Å². The Morgan fingerprint density at radius 3 is 2.95 bits per heavy atom. The van der Waals surface area contributed by atoms with Gasteiger partial charge in [0.2, 0.25) is 5.91 Å². The number of nitrogens with one attached hydrogen (secondary N) is 1. The number of carbonyl (C=O) groups excluding carboxylic acids is 1. The van der Waals surface area contributed by atoms with Crippen molar-refractivity contribution in [2.45, 2.75) is 32.7 Å². The van der Waals surface area contributed by atoms with E-state index in [1.54, 1.807) is 18.2 Å². The summed E-state index contributed by atoms with van der Waals surface area (Å²) in [5.74, 6) is 0.607. The van der Waals surface area contributed by atoms with Crippen LogP contribution < -0.4 is 11.1 Å². The molecule has 3 N–H and O–H groups in total. The lowest BCUT2D eigenvalue weighted by Crippen LogP contribution is -2.45. The van der Waals surface area contributed by atoms with Crippen LogP contribution in [0.2, 0.25) is 5.02 Å². The molecule has 0 saturated carbocycles. The number of piperidine rings is 1. The molecule has 1 fully saturated rings. The third kappa shape index (κ3) is 3.87. The molecule has 2 unspecified atom stereocenters. The van der Waals surface area contributed by atoms with Crippen molar-refractivity contribution >= 4 is 28.9 Å². The number of anilines is 2. The molecule has 1 aliphatic heterocycles. The normalized spacial score (nSPS) is 23.6. The van der Waals surface area contributed by atoms with Crippen molar-refractivity contribution in [3.8, 4) is 0 Å². The summed E-state index contributed by atoms with van der Waals surface area (Å²) in [6.45, 7) is 5.77. The highest BCUT2D eigenvalue weighted by Gasteiger charge is 2.24. The van der Waals surface area contributed by atoms with Gasteiger partial charge in [0.05, 0.1) is 17.9 Å². The first-order chi connectivity index (χ1) is 9.45. The molecule has 0 aliphatic carbocycles. The van der Waals surface area contributed by atoms with Crippen LogP contribution in [0.15, 0.2) is 18.2 Å². The first-order valence-corrected chi connectivity index (χ1v) is 7.42. The van der Waals surface area contributed by atoms with Gasteiger partial charge in [0.15, 0.2) is 0 Å². The van der Waals surface area contributed by atoms with Gasteiger partial charge >= 0.3 is 0 Å². The smallest absolute Gasteiger partial charge is 0.238 e. The molecule has 0 radical (unpaired) electrons. The molecule has 2 rings (SSSR count). The summed E-state index contributed by atoms with van der Waals surface area (Å²) in [6, 6.07) is 5.54. The lowest BCUT2D eigenvalue weighted by molar-refractivity contribution is -0.118. The molecule has 110 valence electrons. The van der Waals surface area contributed by atoms with E-state index < -0.39 is 0 Å². The summed E-state index contributed by atoms with van der Waals surface area (Å²) in [5.41, 5.74) is 6.95. The summed E-state index contributed by atoms with van der Waals surface area (Å²) in [5, 5.41) is 3.41. The molecular formula is C15H22ClN3O. The van der Waals surface area contributed by atoms with E-state index >= 15 is 0 Å². The Morgan fingerprint density at radius 2 is 2.20 bits per heavy atom. The first kappa shape index (κ1) is 15.1. The third-order valence-corrected chi connectivity index (χ3v) is 4.12. The summed E-state index contributed by atoms with van der Waals surface area (Å²) < 4.78 is 0. The third-order valence-electron chi connectivity index (χ3n) is 3.88. The number of rotatable bonds is 3. The minimum atomic E-state index is -0.0417. The Hall–Kier alpha value is -1.26. The molecule has 0 bridgehead atoms. The fourth-order valence-electron chi connectivity index (χ4n) is 2.61. The van der Waals surface area contributed by atoms with Gasteiger partial charge in [-0.2, -0.15) is 0 Å². The topological polar surface area (TPSA) is 58.4 Å². The van der Waals surface area contributed by atoms with Gasteiger partial charge in [-0.25, -0.2) is 0 Å². The lowest BCUT2D eigenvalue weighted by atomic mass is 9.95. The largest absolute Gasteiger partial charge is 0.397 e. The Bertz CT molecular complexity index is 492. The molecule has 0 spiro atoms. The van der Waals surface area contributed by atoms with Crippen molar-refractivity contribution in [2.24, 2.45) is 5.92 Å². The van der Waals surface area contributed by atoms with Crippen LogP contribution in [0.5, 0.6) is 0 Å². The number of hydrogen-bond donors (Lipinski definition) is 2. The highest BCUT2D eigenvalue weighted by atomic mass is 35.5. The molecule has 0 aromatic heterocycles. The number of halogens is 1. The van der Waals surface area contributed by atoms with Crippen LogP contribution in [0.3, 0.4) is 0 Å². The SMILES string of the molecule is CC1CCC(C)N(CC(=O)Nc2cc(Cl)ccc2N)C1. The van der Waals surface area contributed by atoms with Crippen molar-refractivity contribution in [3.63, 3.8) is 0 Å². The van der Waals surface area contributed by atoms with Crippen molar-refractivity contribution in [1.29, 1.82) is 0 Å². The molecule has 1 heterocycles. The lowest BCUT2D eigenvalue weighted by Gasteiger charge is -2.36. The van der Waals surface area contributed by atoms with E-state index in [0.717, 1.165) is 13.0 Å². The van der Waals surface area contributed by atoms with Crippen LogP contribution in [0, 0.1) is 5.92 Å². The minimum Gasteiger partial charge on any atom is -0.397 e. The summed E-state index contributed by atoms with van der Waals surface area (Å²) in [7, 11) is 0. The zero-order chi connectivity index (χ0) is 14.7. The zero-order valence-electron chi connectivity index (χ0n) is 12.0. The van der Waals surface area contributed by atoms with Gasteiger partial charge in [-0.15, -0.1) is 0 Å². The highest BCUT2D eigenvalue weighted by Crippen LogP contribution is 2.24. The molecule has 20 heavy (non-hydrogen) atoms. The predicted octanol–water partition coefficient (Wildman–Crippen LogP) is 2.98. The second kappa shape index (κ2) is 6.46. The van der Waals surface area contributed by atoms with Crippen molar-refractivity contribution in [2.75, 3.05) is 24.1 Å². The maximum atomic E-state index is 12.1. The summed E-state index contributed by atoms with van der Waals surface area (Å²) in [6.07, 6.45) is 2.38. The van der Waals surface area contributed by atoms with Gasteiger partial charge in [0, 0.05) is 17.6 Å². The number of benzene rings is 1. The fourth-order valence-corrected chi connectivity index (χ4v) is 2.78. The van der Waals surface area contributed by atoms with E-state index in [9.17, 15) is 4.79 Å². The second-order valence-corrected chi connectivity index (χ2v) is 6.18. The Balaban J connectivity index is 1.96. The molecule has 1 aromatic rings. The number of carbonyl (C=O) groups is 1. The average molecular weight is 296 g/mol. The second-order valence-electron chi connectivity index (χ2n) is 5.74. The van der Waals surface area contributed by atoms with E-state index in [4.69, 9.17) is 17.3 Å². The first-order valence-electron chi connectivity index (χ1n) is 7.04. The predicted molar refractivity (Wildman–Crippen MR) is 83.9 cm³/mol. The molecule has 2 atom stereocenters. The molecule has 4 nitrogen and oxygen atoms in total. The van der Waals surface area contributed by atoms with Crippen LogP contribution in [0.25, 0.3) is 0 Å². The number of nitrogen functional groups attached to an aromatic ring is 1. The zero-order valence-corrected chi connectivity index (χ0v) is 12.8. The molecule has 1 aliphatic rings. The van der Waals surface area contributed by atoms with Crippen LogP contribution in [0.1, 0.15) is 26.7 Å². The van der Waals surface area contributed by atoms with Gasteiger partial charge in [-0.05, 0) is 43.9 Å². The number of nitrogens with zero attached hydrogens (tertiary/aromatic N) is 1. The summed E-state index contributed by atoms with van der Waals surface area (Å²) in [4.78, 5) is 14.4. The molecule has 5 heteroatoms. The standard InChI is InChI=1S/C15H22ClN3O/c1-10-3-4-11(2)19(8-10)9-15(20)18-14-7-12(16)5-6-13(14)17/h5-7,10-11H,3-4,8-9,17H2,1-2H3,(H,18,20). The number of hydrogen-bond acceptors (Lipinski definition) is 3. The van der Waals surface area contributed by atoms with Crippen LogP contribution in [0.4, 0.5) is 11.4 Å². The summed E-state index contributed by atoms with van der Waals surface area (Å²) >= 11 is 5.92. The van der Waals surface area contributed by atoms with Gasteiger partial charge in [0.1, 0.15) is 0 Å². The maximum Gasteiger partial charge on any atom is 0.238 e. The highest BCUT2D eigenvalue weighted by molar-refractivity contribution is 6.31. The maximum absolute atomic E-state index is 12.1. The Morgan fingerprint density at radius 1 is 1.45 bits per heavy atom. The molecule has 1 amide bonds. The van der Waals surface area contributed by atoms with E-state index in [1.165, 1.54) is 6.42 Å². The number of amides is 1. The van der Waals surface area contributed by atoms with Crippen LogP contribution in [-0.2, 0) is 4.79 Å². The average Bonchev–Trinajstić information content (AvgIpc) is 2.38. The van der Waals surface area contributed by atoms with Gasteiger partial charge < -0.3 is 11.1 Å². The van der Waals surface area contributed by atoms with Crippen LogP contribution in [-0.4, -0.2) is 29.9 Å². The van der Waals surface area contributed by atoms with E-state index in [-0.39, 0.29) is 5.91 Å². The molecule has 1 aromatic carbocycles. The van der Waals surface area contributed by atoms with Crippen molar-refractivity contribution in [3.05, 3.63) is 23.2 Å². The van der Waals surface area contributed by atoms with Gasteiger partial charge in [-0.3, -0.25) is 9.69 Å². The number of nitrogens with two attached hydrogens (primary N) is 1. The monoisotopic (exact) mass is 295 g/mol. The Labute approximate surface area is 125 Å². The van der Waals surface area contributed by atoms with E-state index in [2.05, 4.69) is 24.1 Å². The Kier molecular flexibility index (Phi) is 4.89. The van der Waals surface area contributed by atoms with Gasteiger partial charge in [0.25, 0.3) is 0 Å². The minimum absolute atomic E-state index is 0.0417. The molecular weight excluding hydrogens is 274 g/mol. The van der Waals surface area contributed by atoms with Crippen molar-refractivity contribution in [1.82, 2.24) is 4.90 Å². The molecule has 1 saturated heterocycles. The quantitative estimate of drug-likeness (QED) is 0.843.